The Morgan fingerprint density at radius 3 is 2.52 bits per heavy atom. The van der Waals surface area contributed by atoms with Gasteiger partial charge in [-0.1, -0.05) is 24.3 Å². The Kier molecular flexibility index (Phi) is 5.19. The molecule has 0 atom stereocenters. The van der Waals surface area contributed by atoms with Gasteiger partial charge in [-0.15, -0.1) is 10.2 Å². The van der Waals surface area contributed by atoms with E-state index in [1.165, 1.54) is 0 Å². The second-order valence-corrected chi connectivity index (χ2v) is 7.87. The maximum absolute atomic E-state index is 12.6. The first-order valence-corrected chi connectivity index (χ1v) is 10.7. The van der Waals surface area contributed by atoms with Crippen molar-refractivity contribution in [2.45, 2.75) is 26.2 Å². The summed E-state index contributed by atoms with van der Waals surface area (Å²) in [5, 5.41) is 8.36. The van der Waals surface area contributed by atoms with E-state index in [1.54, 1.807) is 6.20 Å². The predicted octanol–water partition coefficient (Wildman–Crippen LogP) is 3.81. The van der Waals surface area contributed by atoms with Gasteiger partial charge in [0.1, 0.15) is 5.69 Å². The lowest BCUT2D eigenvalue weighted by Crippen LogP contribution is -2.43. The van der Waals surface area contributed by atoms with E-state index in [1.807, 2.05) is 47.1 Å². The van der Waals surface area contributed by atoms with E-state index in [4.69, 9.17) is 9.40 Å². The fourth-order valence-electron chi connectivity index (χ4n) is 4.01. The minimum absolute atomic E-state index is 0.141. The molecule has 0 aliphatic carbocycles. The Morgan fingerprint density at radius 2 is 1.77 bits per heavy atom. The van der Waals surface area contributed by atoms with Crippen molar-refractivity contribution in [3.63, 3.8) is 0 Å². The number of hydrogen-bond acceptors (Lipinski definition) is 6. The molecule has 2 aromatic heterocycles. The summed E-state index contributed by atoms with van der Waals surface area (Å²) in [7, 11) is 0. The van der Waals surface area contributed by atoms with Gasteiger partial charge in [-0.2, -0.15) is 0 Å². The number of amides is 2. The van der Waals surface area contributed by atoms with Crippen molar-refractivity contribution >= 4 is 11.6 Å². The van der Waals surface area contributed by atoms with Crippen LogP contribution in [-0.4, -0.2) is 62.2 Å². The first-order chi connectivity index (χ1) is 15.2. The number of hydrogen-bond donors (Lipinski definition) is 0. The van der Waals surface area contributed by atoms with Crippen molar-refractivity contribution in [3.8, 4) is 23.0 Å². The number of urea groups is 1. The van der Waals surface area contributed by atoms with Gasteiger partial charge in [-0.3, -0.25) is 4.98 Å². The summed E-state index contributed by atoms with van der Waals surface area (Å²) in [6, 6.07) is 9.79. The number of aryl methyl sites for hydroxylation is 1. The van der Waals surface area contributed by atoms with Crippen molar-refractivity contribution in [3.05, 3.63) is 54.0 Å². The predicted molar refractivity (Wildman–Crippen MR) is 116 cm³/mol. The van der Waals surface area contributed by atoms with Crippen LogP contribution in [0.5, 0.6) is 0 Å². The lowest BCUT2D eigenvalue weighted by molar-refractivity contribution is 0.167. The lowest BCUT2D eigenvalue weighted by atomic mass is 10.1. The van der Waals surface area contributed by atoms with E-state index in [2.05, 4.69) is 21.3 Å². The van der Waals surface area contributed by atoms with Crippen molar-refractivity contribution in [2.24, 2.45) is 0 Å². The van der Waals surface area contributed by atoms with Crippen LogP contribution in [0.1, 0.15) is 30.7 Å². The molecule has 0 N–H and O–H groups in total. The molecule has 0 saturated carbocycles. The molecule has 1 fully saturated rings. The molecule has 0 radical (unpaired) electrons. The maximum Gasteiger partial charge on any atom is 0.320 e. The smallest absolute Gasteiger partial charge is 0.320 e. The van der Waals surface area contributed by atoms with E-state index in [9.17, 15) is 4.79 Å². The molecule has 5 rings (SSSR count). The number of rotatable bonds is 3. The van der Waals surface area contributed by atoms with E-state index in [0.29, 0.717) is 30.6 Å². The summed E-state index contributed by atoms with van der Waals surface area (Å²) in [6.45, 7) is 4.89. The Morgan fingerprint density at radius 1 is 1.00 bits per heavy atom. The molecule has 8 heteroatoms. The van der Waals surface area contributed by atoms with Gasteiger partial charge in [0.15, 0.2) is 0 Å². The van der Waals surface area contributed by atoms with Crippen LogP contribution in [0.4, 0.5) is 4.79 Å². The molecule has 2 aliphatic heterocycles. The van der Waals surface area contributed by atoms with Gasteiger partial charge < -0.3 is 14.2 Å². The van der Waals surface area contributed by atoms with E-state index < -0.39 is 0 Å². The van der Waals surface area contributed by atoms with Gasteiger partial charge in [0, 0.05) is 31.7 Å². The zero-order valence-corrected chi connectivity index (χ0v) is 17.5. The van der Waals surface area contributed by atoms with Crippen LogP contribution in [0, 0.1) is 6.92 Å². The largest absolute Gasteiger partial charge is 0.415 e. The minimum atomic E-state index is 0.141. The molecule has 158 valence electrons. The van der Waals surface area contributed by atoms with E-state index in [0.717, 1.165) is 54.9 Å². The number of likely N-dealkylation sites (tertiary alicyclic amines) is 1. The number of benzene rings is 1. The molecular weight excluding hydrogens is 392 g/mol. The van der Waals surface area contributed by atoms with Crippen LogP contribution >= 0.6 is 0 Å². The summed E-state index contributed by atoms with van der Waals surface area (Å²) in [6.07, 6.45) is 6.80. The maximum atomic E-state index is 12.6. The number of carbonyl (C=O) groups excluding carboxylic acids is 1. The number of nitrogens with zero attached hydrogens (tertiary/aromatic N) is 6. The van der Waals surface area contributed by atoms with Gasteiger partial charge in [0.25, 0.3) is 5.89 Å². The summed E-state index contributed by atoms with van der Waals surface area (Å²) in [5.74, 6) is 0.808. The zero-order valence-electron chi connectivity index (χ0n) is 17.5. The Hall–Kier alpha value is -3.55. The van der Waals surface area contributed by atoms with Crippen LogP contribution in [-0.2, 0) is 0 Å². The minimum Gasteiger partial charge on any atom is -0.415 e. The van der Waals surface area contributed by atoms with Gasteiger partial charge in [-0.25, -0.2) is 9.78 Å². The highest BCUT2D eigenvalue weighted by atomic mass is 16.4. The quantitative estimate of drug-likeness (QED) is 0.645. The third-order valence-corrected chi connectivity index (χ3v) is 5.79. The monoisotopic (exact) mass is 416 g/mol. The van der Waals surface area contributed by atoms with Crippen LogP contribution < -0.4 is 0 Å². The van der Waals surface area contributed by atoms with Crippen molar-refractivity contribution in [1.29, 1.82) is 0 Å². The average molecular weight is 416 g/mol. The van der Waals surface area contributed by atoms with Crippen LogP contribution in [0.25, 0.3) is 28.6 Å². The summed E-state index contributed by atoms with van der Waals surface area (Å²) in [5.41, 5.74) is 4.05. The highest BCUT2D eigenvalue weighted by Gasteiger charge is 2.26. The van der Waals surface area contributed by atoms with Gasteiger partial charge in [-0.05, 0) is 43.9 Å². The molecule has 8 nitrogen and oxygen atoms in total. The first kappa shape index (κ1) is 19.4. The zero-order chi connectivity index (χ0) is 21.2. The highest BCUT2D eigenvalue weighted by Crippen LogP contribution is 2.27. The third-order valence-electron chi connectivity index (χ3n) is 5.79. The van der Waals surface area contributed by atoms with Crippen LogP contribution in [0.15, 0.2) is 47.0 Å². The molecule has 2 aliphatic rings. The first-order valence-electron chi connectivity index (χ1n) is 10.7. The SMILES string of the molecule is Cc1ncc(C2=CCN(C(=O)N3CCCC3)CC2)nc1-c1nnc(-c2ccccc2)o1. The van der Waals surface area contributed by atoms with E-state index >= 15 is 0 Å². The molecule has 31 heavy (non-hydrogen) atoms. The van der Waals surface area contributed by atoms with Gasteiger partial charge in [0.2, 0.25) is 5.89 Å². The fraction of sp³-hybridized carbons (Fsp3) is 0.348. The average Bonchev–Trinajstić information content (AvgIpc) is 3.52. The van der Waals surface area contributed by atoms with Crippen molar-refractivity contribution in [1.82, 2.24) is 30.0 Å². The normalized spacial score (nSPS) is 16.5. The molecule has 1 saturated heterocycles. The van der Waals surface area contributed by atoms with Gasteiger partial charge in [0.05, 0.1) is 17.6 Å². The molecule has 3 aromatic rings. The van der Waals surface area contributed by atoms with Crippen LogP contribution in [0.3, 0.4) is 0 Å². The number of carbonyl (C=O) groups is 1. The molecule has 0 spiro atoms. The summed E-state index contributed by atoms with van der Waals surface area (Å²) < 4.78 is 5.88. The van der Waals surface area contributed by atoms with Crippen LogP contribution in [0.2, 0.25) is 0 Å². The summed E-state index contributed by atoms with van der Waals surface area (Å²) >= 11 is 0. The molecule has 4 heterocycles. The Balaban J connectivity index is 1.36. The Bertz CT molecular complexity index is 1120. The molecule has 1 aromatic carbocycles. The number of aromatic nitrogens is 4. The standard InChI is InChI=1S/C23H24N6O2/c1-16-20(22-27-26-21(31-22)18-7-3-2-4-8-18)25-19(15-24-16)17-9-13-29(14-10-17)23(30)28-11-5-6-12-28/h2-4,7-9,15H,5-6,10-14H2,1H3. The fourth-order valence-corrected chi connectivity index (χ4v) is 4.01. The Labute approximate surface area is 180 Å². The molecular formula is C23H24N6O2. The summed E-state index contributed by atoms with van der Waals surface area (Å²) in [4.78, 5) is 25.8. The van der Waals surface area contributed by atoms with Crippen molar-refractivity contribution in [2.75, 3.05) is 26.2 Å². The lowest BCUT2D eigenvalue weighted by Gasteiger charge is -2.30. The highest BCUT2D eigenvalue weighted by molar-refractivity contribution is 5.77. The molecule has 0 unspecified atom stereocenters. The topological polar surface area (TPSA) is 88.3 Å². The van der Waals surface area contributed by atoms with E-state index in [-0.39, 0.29) is 6.03 Å². The van der Waals surface area contributed by atoms with Crippen molar-refractivity contribution < 1.29 is 9.21 Å². The van der Waals surface area contributed by atoms with Gasteiger partial charge >= 0.3 is 6.03 Å². The molecule has 2 amide bonds. The second kappa shape index (κ2) is 8.29. The third kappa shape index (κ3) is 3.93. The molecule has 0 bridgehead atoms. The second-order valence-electron chi connectivity index (χ2n) is 7.87.